The zero-order chi connectivity index (χ0) is 12.4. The van der Waals surface area contributed by atoms with Gasteiger partial charge in [-0.15, -0.1) is 0 Å². The average molecular weight is 246 g/mol. The maximum absolute atomic E-state index is 11.5. The highest BCUT2D eigenvalue weighted by Gasteiger charge is 2.05. The minimum absolute atomic E-state index is 0.124. The summed E-state index contributed by atoms with van der Waals surface area (Å²) in [6.45, 7) is 5.82. The molecule has 0 saturated heterocycles. The van der Waals surface area contributed by atoms with Crippen molar-refractivity contribution in [3.05, 3.63) is 35.4 Å². The molecular weight excluding hydrogens is 232 g/mol. The van der Waals surface area contributed by atoms with E-state index in [0.717, 1.165) is 15.8 Å². The van der Waals surface area contributed by atoms with E-state index in [1.165, 1.54) is 16.9 Å². The number of carbonyl (C=O) groups excluding carboxylic acids is 1. The lowest BCUT2D eigenvalue weighted by Crippen LogP contribution is -2.07. The molecule has 1 amide bonds. The molecule has 0 aliphatic carbocycles. The second kappa shape index (κ2) is 4.67. The lowest BCUT2D eigenvalue weighted by molar-refractivity contribution is -0.111. The van der Waals surface area contributed by atoms with E-state index in [1.807, 2.05) is 32.9 Å². The molecule has 1 heterocycles. The molecule has 0 spiro atoms. The molecule has 1 N–H and O–H groups in total. The van der Waals surface area contributed by atoms with Gasteiger partial charge in [0.1, 0.15) is 0 Å². The van der Waals surface area contributed by atoms with Crippen LogP contribution in [0.4, 0.5) is 5.13 Å². The van der Waals surface area contributed by atoms with Gasteiger partial charge >= 0.3 is 0 Å². The molecule has 0 radical (unpaired) electrons. The van der Waals surface area contributed by atoms with E-state index in [1.54, 1.807) is 6.08 Å². The van der Waals surface area contributed by atoms with Crippen molar-refractivity contribution in [1.82, 2.24) is 4.98 Å². The minimum Gasteiger partial charge on any atom is -0.298 e. The van der Waals surface area contributed by atoms with Gasteiger partial charge in [-0.1, -0.05) is 23.0 Å². The Bertz CT molecular complexity index is 594. The molecule has 17 heavy (non-hydrogen) atoms. The normalized spacial score (nSPS) is 10.3. The van der Waals surface area contributed by atoms with Gasteiger partial charge in [0.05, 0.1) is 10.2 Å². The number of nitrogens with one attached hydrogen (secondary N) is 1. The van der Waals surface area contributed by atoms with E-state index in [2.05, 4.69) is 16.4 Å². The van der Waals surface area contributed by atoms with Crippen molar-refractivity contribution in [2.24, 2.45) is 0 Å². The number of nitrogens with zero attached hydrogens (tertiary/aromatic N) is 1. The van der Waals surface area contributed by atoms with Crippen LogP contribution in [0.15, 0.2) is 29.8 Å². The smallest absolute Gasteiger partial charge is 0.250 e. The van der Waals surface area contributed by atoms with Crippen molar-refractivity contribution in [1.29, 1.82) is 0 Å². The zero-order valence-corrected chi connectivity index (χ0v) is 10.9. The van der Waals surface area contributed by atoms with Crippen LogP contribution in [0.25, 0.3) is 10.2 Å². The summed E-state index contributed by atoms with van der Waals surface area (Å²) < 4.78 is 1.09. The first-order chi connectivity index (χ1) is 8.04. The number of hydrogen-bond donors (Lipinski definition) is 1. The predicted molar refractivity (Wildman–Crippen MR) is 72.4 cm³/mol. The van der Waals surface area contributed by atoms with Crippen molar-refractivity contribution in [3.8, 4) is 0 Å². The van der Waals surface area contributed by atoms with Crippen LogP contribution in [0.5, 0.6) is 0 Å². The Morgan fingerprint density at radius 3 is 2.88 bits per heavy atom. The van der Waals surface area contributed by atoms with E-state index in [-0.39, 0.29) is 5.91 Å². The summed E-state index contributed by atoms with van der Waals surface area (Å²) in [5, 5.41) is 3.42. The van der Waals surface area contributed by atoms with Gasteiger partial charge in [-0.3, -0.25) is 10.1 Å². The first-order valence-electron chi connectivity index (χ1n) is 5.37. The highest BCUT2D eigenvalue weighted by Crippen LogP contribution is 2.26. The Kier molecular flexibility index (Phi) is 3.24. The quantitative estimate of drug-likeness (QED) is 0.824. The molecule has 88 valence electrons. The number of allylic oxidation sites excluding steroid dienone is 1. The molecule has 0 saturated carbocycles. The molecule has 2 aromatic rings. The maximum atomic E-state index is 11.5. The van der Waals surface area contributed by atoms with Crippen LogP contribution >= 0.6 is 11.3 Å². The lowest BCUT2D eigenvalue weighted by atomic mass is 10.2. The van der Waals surface area contributed by atoms with Gasteiger partial charge < -0.3 is 0 Å². The number of fused-ring (bicyclic) bond motifs is 1. The van der Waals surface area contributed by atoms with Crippen molar-refractivity contribution in [3.63, 3.8) is 0 Å². The Morgan fingerprint density at radius 1 is 1.41 bits per heavy atom. The van der Waals surface area contributed by atoms with E-state index in [4.69, 9.17) is 0 Å². The monoisotopic (exact) mass is 246 g/mol. The Labute approximate surface area is 104 Å². The molecule has 0 aliphatic rings. The number of aromatic nitrogens is 1. The van der Waals surface area contributed by atoms with E-state index in [9.17, 15) is 4.79 Å². The Hall–Kier alpha value is -1.68. The molecule has 0 unspecified atom stereocenters. The van der Waals surface area contributed by atoms with Crippen LogP contribution in [0, 0.1) is 6.92 Å². The fraction of sp³-hybridized carbons (Fsp3) is 0.231. The second-order valence-corrected chi connectivity index (χ2v) is 5.23. The summed E-state index contributed by atoms with van der Waals surface area (Å²) in [5.74, 6) is -0.124. The molecule has 4 heteroatoms. The number of carbonyl (C=O) groups is 1. The third-order valence-electron chi connectivity index (χ3n) is 2.19. The maximum Gasteiger partial charge on any atom is 0.250 e. The molecule has 0 bridgehead atoms. The largest absolute Gasteiger partial charge is 0.298 e. The average Bonchev–Trinajstić information content (AvgIpc) is 2.57. The van der Waals surface area contributed by atoms with E-state index in [0.29, 0.717) is 5.13 Å². The molecule has 1 aromatic heterocycles. The molecule has 3 nitrogen and oxygen atoms in total. The van der Waals surface area contributed by atoms with Gasteiger partial charge in [-0.2, -0.15) is 0 Å². The fourth-order valence-corrected chi connectivity index (χ4v) is 2.46. The number of amides is 1. The third kappa shape index (κ3) is 2.91. The van der Waals surface area contributed by atoms with Crippen molar-refractivity contribution < 1.29 is 4.79 Å². The van der Waals surface area contributed by atoms with Crippen LogP contribution in [-0.4, -0.2) is 10.9 Å². The number of hydrogen-bond acceptors (Lipinski definition) is 3. The number of rotatable bonds is 2. The van der Waals surface area contributed by atoms with E-state index >= 15 is 0 Å². The van der Waals surface area contributed by atoms with Gasteiger partial charge in [0.15, 0.2) is 5.13 Å². The standard InChI is InChI=1S/C13H14N2OS/c1-8(2)6-12(16)15-13-14-10-5-4-9(3)7-11(10)17-13/h4-7H,1-3H3,(H,14,15,16). The van der Waals surface area contributed by atoms with Gasteiger partial charge in [0.25, 0.3) is 0 Å². The molecule has 1 aromatic carbocycles. The van der Waals surface area contributed by atoms with Crippen LogP contribution in [0.2, 0.25) is 0 Å². The molecule has 2 rings (SSSR count). The Morgan fingerprint density at radius 2 is 2.18 bits per heavy atom. The number of thiazole rings is 1. The third-order valence-corrected chi connectivity index (χ3v) is 3.13. The molecule has 0 atom stereocenters. The van der Waals surface area contributed by atoms with Gasteiger partial charge in [-0.05, 0) is 38.5 Å². The molecule has 0 fully saturated rings. The van der Waals surface area contributed by atoms with E-state index < -0.39 is 0 Å². The first-order valence-corrected chi connectivity index (χ1v) is 6.19. The van der Waals surface area contributed by atoms with Gasteiger partial charge in [-0.25, -0.2) is 4.98 Å². The highest BCUT2D eigenvalue weighted by molar-refractivity contribution is 7.22. The first kappa shape index (κ1) is 11.8. The second-order valence-electron chi connectivity index (χ2n) is 4.20. The zero-order valence-electron chi connectivity index (χ0n) is 10.1. The number of benzene rings is 1. The number of anilines is 1. The van der Waals surface area contributed by atoms with Crippen molar-refractivity contribution in [2.75, 3.05) is 5.32 Å². The fourth-order valence-electron chi connectivity index (χ4n) is 1.49. The Balaban J connectivity index is 2.25. The summed E-state index contributed by atoms with van der Waals surface area (Å²) in [6, 6.07) is 6.06. The summed E-state index contributed by atoms with van der Waals surface area (Å²) in [4.78, 5) is 15.9. The van der Waals surface area contributed by atoms with Crippen molar-refractivity contribution in [2.45, 2.75) is 20.8 Å². The highest BCUT2D eigenvalue weighted by atomic mass is 32.1. The summed E-state index contributed by atoms with van der Waals surface area (Å²) >= 11 is 1.49. The molecule has 0 aliphatic heterocycles. The lowest BCUT2D eigenvalue weighted by Gasteiger charge is -1.95. The summed E-state index contributed by atoms with van der Waals surface area (Å²) in [6.07, 6.45) is 1.57. The minimum atomic E-state index is -0.124. The number of aryl methyl sites for hydroxylation is 1. The van der Waals surface area contributed by atoms with Crippen LogP contribution in [0.3, 0.4) is 0 Å². The SMILES string of the molecule is CC(C)=CC(=O)Nc1nc2ccc(C)cc2s1. The van der Waals surface area contributed by atoms with Crippen LogP contribution in [-0.2, 0) is 4.79 Å². The van der Waals surface area contributed by atoms with Crippen molar-refractivity contribution >= 4 is 32.6 Å². The van der Waals surface area contributed by atoms with Gasteiger partial charge in [0, 0.05) is 6.08 Å². The van der Waals surface area contributed by atoms with Crippen LogP contribution < -0.4 is 5.32 Å². The van der Waals surface area contributed by atoms with Crippen LogP contribution in [0.1, 0.15) is 19.4 Å². The summed E-state index contributed by atoms with van der Waals surface area (Å²) in [5.41, 5.74) is 3.09. The summed E-state index contributed by atoms with van der Waals surface area (Å²) in [7, 11) is 0. The molecular formula is C13H14N2OS. The van der Waals surface area contributed by atoms with Gasteiger partial charge in [0.2, 0.25) is 5.91 Å². The predicted octanol–water partition coefficient (Wildman–Crippen LogP) is 3.51. The topological polar surface area (TPSA) is 42.0 Å².